The molecule has 20 heavy (non-hydrogen) atoms. The molecule has 3 nitrogen and oxygen atoms in total. The van der Waals surface area contributed by atoms with Crippen LogP contribution < -0.4 is 0 Å². The number of hydrogen-bond acceptors (Lipinski definition) is 3. The minimum Gasteiger partial charge on any atom is -0.460 e. The lowest BCUT2D eigenvalue weighted by molar-refractivity contribution is -0.179. The number of rotatable bonds is 5. The molecular weight excluding hydrogens is 252 g/mol. The average molecular weight is 276 g/mol. The standard InChI is InChI=1S/C17H24O3/c1-2-15(18)19-7-8-20-17-11-16(17)10-13(17)9-12-5-3-4-6-14(12)16/h2,12-14H,1,3-11H2. The second-order valence-electron chi connectivity index (χ2n) is 7.23. The first kappa shape index (κ1) is 12.9. The lowest BCUT2D eigenvalue weighted by atomic mass is 9.50. The van der Waals surface area contributed by atoms with Crippen LogP contribution in [0.1, 0.15) is 44.9 Å². The van der Waals surface area contributed by atoms with Gasteiger partial charge in [-0.2, -0.15) is 0 Å². The van der Waals surface area contributed by atoms with Gasteiger partial charge in [-0.15, -0.1) is 0 Å². The van der Waals surface area contributed by atoms with E-state index in [4.69, 9.17) is 9.47 Å². The van der Waals surface area contributed by atoms with Crippen LogP contribution in [-0.4, -0.2) is 24.8 Å². The van der Waals surface area contributed by atoms with Crippen molar-refractivity contribution < 1.29 is 14.3 Å². The van der Waals surface area contributed by atoms with Gasteiger partial charge in [0.2, 0.25) is 0 Å². The molecule has 5 atom stereocenters. The average Bonchev–Trinajstić information content (AvgIpc) is 3.04. The van der Waals surface area contributed by atoms with Gasteiger partial charge in [-0.25, -0.2) is 4.79 Å². The SMILES string of the molecule is C=CC(=O)OCCOC12CC13CC2CC1CCCCC13. The summed E-state index contributed by atoms with van der Waals surface area (Å²) in [4.78, 5) is 11.0. The van der Waals surface area contributed by atoms with E-state index in [9.17, 15) is 4.79 Å². The highest BCUT2D eigenvalue weighted by molar-refractivity contribution is 5.81. The first-order chi connectivity index (χ1) is 9.72. The van der Waals surface area contributed by atoms with Crippen molar-refractivity contribution in [3.8, 4) is 0 Å². The van der Waals surface area contributed by atoms with E-state index in [0.29, 0.717) is 18.6 Å². The van der Waals surface area contributed by atoms with Crippen LogP contribution in [-0.2, 0) is 14.3 Å². The molecule has 4 rings (SSSR count). The smallest absolute Gasteiger partial charge is 0.330 e. The van der Waals surface area contributed by atoms with Gasteiger partial charge < -0.3 is 9.47 Å². The first-order valence-electron chi connectivity index (χ1n) is 8.15. The van der Waals surface area contributed by atoms with E-state index in [-0.39, 0.29) is 11.6 Å². The Hall–Kier alpha value is -0.830. The fraction of sp³-hybridized carbons (Fsp3) is 0.824. The van der Waals surface area contributed by atoms with Crippen LogP contribution in [0, 0.1) is 23.2 Å². The molecule has 0 amide bonds. The number of carbonyl (C=O) groups is 1. The number of hydrogen-bond donors (Lipinski definition) is 0. The zero-order chi connectivity index (χ0) is 13.8. The second kappa shape index (κ2) is 4.33. The molecule has 5 unspecified atom stereocenters. The molecule has 2 bridgehead atoms. The summed E-state index contributed by atoms with van der Waals surface area (Å²) < 4.78 is 11.2. The van der Waals surface area contributed by atoms with Crippen molar-refractivity contribution in [2.45, 2.75) is 50.5 Å². The van der Waals surface area contributed by atoms with Crippen LogP contribution in [0.2, 0.25) is 0 Å². The van der Waals surface area contributed by atoms with Gasteiger partial charge in [-0.05, 0) is 43.4 Å². The Balaban J connectivity index is 1.35. The van der Waals surface area contributed by atoms with E-state index in [1.807, 2.05) is 0 Å². The number of fused-ring (bicyclic) bond motifs is 3. The van der Waals surface area contributed by atoms with Crippen molar-refractivity contribution >= 4 is 5.97 Å². The van der Waals surface area contributed by atoms with E-state index in [2.05, 4.69) is 6.58 Å². The zero-order valence-corrected chi connectivity index (χ0v) is 12.1. The Kier molecular flexibility index (Phi) is 2.79. The molecule has 110 valence electrons. The van der Waals surface area contributed by atoms with E-state index in [1.54, 1.807) is 0 Å². The summed E-state index contributed by atoms with van der Waals surface area (Å²) in [5.74, 6) is 2.35. The van der Waals surface area contributed by atoms with Crippen molar-refractivity contribution in [2.75, 3.05) is 13.2 Å². The van der Waals surface area contributed by atoms with Crippen molar-refractivity contribution in [3.05, 3.63) is 12.7 Å². The quantitative estimate of drug-likeness (QED) is 0.440. The Morgan fingerprint density at radius 2 is 2.15 bits per heavy atom. The molecular formula is C17H24O3. The molecule has 4 saturated carbocycles. The highest BCUT2D eigenvalue weighted by Gasteiger charge is 2.85. The summed E-state index contributed by atoms with van der Waals surface area (Å²) in [7, 11) is 0. The van der Waals surface area contributed by atoms with Crippen molar-refractivity contribution in [3.63, 3.8) is 0 Å². The normalized spacial score (nSPS) is 47.5. The fourth-order valence-electron chi connectivity index (χ4n) is 5.88. The zero-order valence-electron chi connectivity index (χ0n) is 12.1. The van der Waals surface area contributed by atoms with Crippen LogP contribution in [0.15, 0.2) is 12.7 Å². The third-order valence-corrected chi connectivity index (χ3v) is 6.63. The molecule has 0 heterocycles. The molecule has 4 fully saturated rings. The monoisotopic (exact) mass is 276 g/mol. The molecule has 0 aromatic carbocycles. The second-order valence-corrected chi connectivity index (χ2v) is 7.23. The Morgan fingerprint density at radius 3 is 3.00 bits per heavy atom. The first-order valence-corrected chi connectivity index (χ1v) is 8.15. The third-order valence-electron chi connectivity index (χ3n) is 6.63. The maximum Gasteiger partial charge on any atom is 0.330 e. The van der Waals surface area contributed by atoms with E-state index >= 15 is 0 Å². The van der Waals surface area contributed by atoms with E-state index in [0.717, 1.165) is 17.8 Å². The summed E-state index contributed by atoms with van der Waals surface area (Å²) in [6, 6.07) is 0. The lowest BCUT2D eigenvalue weighted by Crippen LogP contribution is -2.55. The van der Waals surface area contributed by atoms with Crippen LogP contribution in [0.4, 0.5) is 0 Å². The number of ether oxygens (including phenoxy) is 2. The van der Waals surface area contributed by atoms with Gasteiger partial charge in [-0.1, -0.05) is 25.8 Å². The molecule has 4 aliphatic rings. The van der Waals surface area contributed by atoms with Crippen LogP contribution in [0.5, 0.6) is 0 Å². The molecule has 0 radical (unpaired) electrons. The molecule has 0 aliphatic heterocycles. The third kappa shape index (κ3) is 1.53. The molecule has 0 N–H and O–H groups in total. The number of carbonyl (C=O) groups excluding carboxylic acids is 1. The molecule has 1 spiro atoms. The summed E-state index contributed by atoms with van der Waals surface area (Å²) in [5, 5.41) is 0. The Labute approximate surface area is 120 Å². The largest absolute Gasteiger partial charge is 0.460 e. The van der Waals surface area contributed by atoms with Crippen LogP contribution in [0.25, 0.3) is 0 Å². The topological polar surface area (TPSA) is 35.5 Å². The fourth-order valence-corrected chi connectivity index (χ4v) is 5.88. The molecule has 3 heteroatoms. The van der Waals surface area contributed by atoms with Gasteiger partial charge in [0, 0.05) is 11.5 Å². The van der Waals surface area contributed by atoms with Crippen molar-refractivity contribution in [1.82, 2.24) is 0 Å². The molecule has 0 saturated heterocycles. The molecule has 0 aromatic heterocycles. The predicted octanol–water partition coefficient (Wildman–Crippen LogP) is 3.09. The summed E-state index contributed by atoms with van der Waals surface area (Å²) in [6.45, 7) is 4.31. The molecule has 4 aliphatic carbocycles. The maximum absolute atomic E-state index is 11.0. The predicted molar refractivity (Wildman–Crippen MR) is 75.1 cm³/mol. The summed E-state index contributed by atoms with van der Waals surface area (Å²) >= 11 is 0. The van der Waals surface area contributed by atoms with Gasteiger partial charge in [0.25, 0.3) is 0 Å². The Bertz CT molecular complexity index is 446. The van der Waals surface area contributed by atoms with Gasteiger partial charge in [-0.3, -0.25) is 0 Å². The van der Waals surface area contributed by atoms with E-state index in [1.165, 1.54) is 51.0 Å². The van der Waals surface area contributed by atoms with Crippen molar-refractivity contribution in [2.24, 2.45) is 23.2 Å². The Morgan fingerprint density at radius 1 is 1.30 bits per heavy atom. The number of esters is 1. The lowest BCUT2D eigenvalue weighted by Gasteiger charge is -2.57. The summed E-state index contributed by atoms with van der Waals surface area (Å²) in [6.07, 6.45) is 11.0. The van der Waals surface area contributed by atoms with Crippen LogP contribution in [0.3, 0.4) is 0 Å². The maximum atomic E-state index is 11.0. The molecule has 0 aromatic rings. The highest BCUT2D eigenvalue weighted by atomic mass is 16.6. The minimum absolute atomic E-state index is 0.187. The van der Waals surface area contributed by atoms with Crippen molar-refractivity contribution in [1.29, 1.82) is 0 Å². The minimum atomic E-state index is -0.349. The van der Waals surface area contributed by atoms with Gasteiger partial charge in [0.1, 0.15) is 6.61 Å². The summed E-state index contributed by atoms with van der Waals surface area (Å²) in [5.41, 5.74) is 0.718. The van der Waals surface area contributed by atoms with Gasteiger partial charge in [0.15, 0.2) is 0 Å². The van der Waals surface area contributed by atoms with Gasteiger partial charge in [0.05, 0.1) is 12.2 Å². The van der Waals surface area contributed by atoms with Gasteiger partial charge >= 0.3 is 5.97 Å². The highest BCUT2D eigenvalue weighted by Crippen LogP contribution is 2.85. The van der Waals surface area contributed by atoms with Crippen LogP contribution >= 0.6 is 0 Å². The van der Waals surface area contributed by atoms with E-state index < -0.39 is 0 Å².